The first-order chi connectivity index (χ1) is 7.21. The topological polar surface area (TPSA) is 46.2 Å². The second-order valence-corrected chi connectivity index (χ2v) is 5.00. The first kappa shape index (κ1) is 14.4. The van der Waals surface area contributed by atoms with Crippen molar-refractivity contribution < 1.29 is 43.5 Å². The molecular formula is C5H3F8NO2S. The maximum atomic E-state index is 12.6. The summed E-state index contributed by atoms with van der Waals surface area (Å²) in [6.07, 6.45) is 0. The van der Waals surface area contributed by atoms with Crippen LogP contribution < -0.4 is 4.72 Å². The molecule has 102 valence electrons. The summed E-state index contributed by atoms with van der Waals surface area (Å²) in [5, 5.41) is -6.36. The van der Waals surface area contributed by atoms with Gasteiger partial charge >= 0.3 is 23.0 Å². The highest BCUT2D eigenvalue weighted by Gasteiger charge is 2.86. The minimum Gasteiger partial charge on any atom is -0.206 e. The lowest BCUT2D eigenvalue weighted by Crippen LogP contribution is -2.62. The summed E-state index contributed by atoms with van der Waals surface area (Å²) in [4.78, 5) is 0. The summed E-state index contributed by atoms with van der Waals surface area (Å²) in [5.41, 5.74) is 0. The molecule has 0 aromatic rings. The van der Waals surface area contributed by atoms with Crippen molar-refractivity contribution in [3.8, 4) is 0 Å². The van der Waals surface area contributed by atoms with E-state index < -0.39 is 39.6 Å². The van der Waals surface area contributed by atoms with Crippen molar-refractivity contribution in [3.63, 3.8) is 0 Å². The molecule has 1 aliphatic rings. The van der Waals surface area contributed by atoms with Gasteiger partial charge in [0.05, 0.1) is 6.54 Å². The van der Waals surface area contributed by atoms with Crippen molar-refractivity contribution >= 4 is 10.0 Å². The van der Waals surface area contributed by atoms with Crippen LogP contribution in [0.2, 0.25) is 0 Å². The van der Waals surface area contributed by atoms with Gasteiger partial charge in [-0.3, -0.25) is 0 Å². The van der Waals surface area contributed by atoms with Gasteiger partial charge in [0.25, 0.3) is 10.0 Å². The molecule has 0 radical (unpaired) electrons. The molecule has 0 aliphatic carbocycles. The lowest BCUT2D eigenvalue weighted by Gasteiger charge is -2.32. The quantitative estimate of drug-likeness (QED) is 0.687. The fraction of sp³-hybridized carbons (Fsp3) is 1.00. The predicted octanol–water partition coefficient (Wildman–Crippen LogP) is 1.42. The molecule has 0 atom stereocenters. The molecule has 1 rings (SSSR count). The largest absolute Gasteiger partial charge is 0.427 e. The van der Waals surface area contributed by atoms with E-state index in [4.69, 9.17) is 0 Å². The number of rotatable bonds is 0. The fourth-order valence-corrected chi connectivity index (χ4v) is 1.99. The molecule has 0 aromatic carbocycles. The fourth-order valence-electron chi connectivity index (χ4n) is 0.968. The van der Waals surface area contributed by atoms with E-state index in [0.717, 1.165) is 0 Å². The Morgan fingerprint density at radius 2 is 1.24 bits per heavy atom. The molecule has 3 nitrogen and oxygen atoms in total. The van der Waals surface area contributed by atoms with E-state index in [9.17, 15) is 43.5 Å². The standard InChI is InChI=1S/C5H3F8NO2S/c6-2(7)1-14-17(15,16)5(12,13)4(10,11)3(2,8)9/h14H,1H2. The Bertz CT molecular complexity index is 429. The highest BCUT2D eigenvalue weighted by atomic mass is 32.2. The van der Waals surface area contributed by atoms with E-state index in [-0.39, 0.29) is 0 Å². The SMILES string of the molecule is O=S1(=O)NCC(F)(F)C(F)(F)C(F)(F)C1(F)F. The Morgan fingerprint density at radius 3 is 1.65 bits per heavy atom. The van der Waals surface area contributed by atoms with Gasteiger partial charge in [-0.25, -0.2) is 13.1 Å². The van der Waals surface area contributed by atoms with Crippen LogP contribution in [0, 0.1) is 0 Å². The Kier molecular flexibility index (Phi) is 2.73. The van der Waals surface area contributed by atoms with Crippen molar-refractivity contribution in [2.45, 2.75) is 23.0 Å². The summed E-state index contributed by atoms with van der Waals surface area (Å²) in [5.74, 6) is -18.9. The summed E-state index contributed by atoms with van der Waals surface area (Å²) < 4.78 is 122. The van der Waals surface area contributed by atoms with E-state index in [1.807, 2.05) is 0 Å². The molecule has 1 N–H and O–H groups in total. The highest BCUT2D eigenvalue weighted by molar-refractivity contribution is 7.90. The first-order valence-electron chi connectivity index (χ1n) is 3.71. The van der Waals surface area contributed by atoms with Gasteiger partial charge in [-0.2, -0.15) is 35.1 Å². The molecule has 0 spiro atoms. The Balaban J connectivity index is 3.58. The monoisotopic (exact) mass is 293 g/mol. The van der Waals surface area contributed by atoms with E-state index in [1.54, 1.807) is 0 Å². The average Bonchev–Trinajstić information content (AvgIpc) is 2.14. The second-order valence-electron chi connectivity index (χ2n) is 3.19. The maximum absolute atomic E-state index is 12.6. The Morgan fingerprint density at radius 1 is 0.824 bits per heavy atom. The van der Waals surface area contributed by atoms with Gasteiger partial charge in [-0.1, -0.05) is 0 Å². The molecule has 12 heteroatoms. The predicted molar refractivity (Wildman–Crippen MR) is 36.7 cm³/mol. The van der Waals surface area contributed by atoms with Crippen molar-refractivity contribution in [1.82, 2.24) is 4.72 Å². The van der Waals surface area contributed by atoms with Gasteiger partial charge < -0.3 is 0 Å². The second kappa shape index (κ2) is 3.22. The number of halogens is 8. The highest BCUT2D eigenvalue weighted by Crippen LogP contribution is 2.55. The molecule has 0 bridgehead atoms. The third kappa shape index (κ3) is 1.53. The van der Waals surface area contributed by atoms with Crippen LogP contribution in [0.15, 0.2) is 0 Å². The molecule has 0 unspecified atom stereocenters. The van der Waals surface area contributed by atoms with Crippen molar-refractivity contribution in [3.05, 3.63) is 0 Å². The number of hydrogen-bond acceptors (Lipinski definition) is 2. The lowest BCUT2D eigenvalue weighted by molar-refractivity contribution is -0.341. The zero-order valence-corrected chi connectivity index (χ0v) is 8.27. The normalized spacial score (nSPS) is 32.7. The van der Waals surface area contributed by atoms with E-state index in [2.05, 4.69) is 0 Å². The van der Waals surface area contributed by atoms with Crippen LogP contribution in [0.4, 0.5) is 35.1 Å². The third-order valence-electron chi connectivity index (χ3n) is 2.04. The minimum absolute atomic E-state index is 0.325. The average molecular weight is 293 g/mol. The van der Waals surface area contributed by atoms with E-state index >= 15 is 0 Å². The molecule has 1 heterocycles. The molecule has 0 saturated carbocycles. The third-order valence-corrected chi connectivity index (χ3v) is 3.50. The van der Waals surface area contributed by atoms with Crippen LogP contribution >= 0.6 is 0 Å². The van der Waals surface area contributed by atoms with Crippen LogP contribution in [0.3, 0.4) is 0 Å². The Labute approximate surface area is 88.8 Å². The number of sulfonamides is 1. The van der Waals surface area contributed by atoms with Gasteiger partial charge in [0.1, 0.15) is 0 Å². The van der Waals surface area contributed by atoms with Crippen LogP contribution in [0.5, 0.6) is 0 Å². The van der Waals surface area contributed by atoms with Gasteiger partial charge in [0.2, 0.25) is 0 Å². The molecule has 0 amide bonds. The van der Waals surface area contributed by atoms with Gasteiger partial charge in [0.15, 0.2) is 0 Å². The molecular weight excluding hydrogens is 290 g/mol. The van der Waals surface area contributed by atoms with Crippen LogP contribution in [0.1, 0.15) is 0 Å². The maximum Gasteiger partial charge on any atom is 0.427 e. The first-order valence-corrected chi connectivity index (χ1v) is 5.19. The van der Waals surface area contributed by atoms with Crippen molar-refractivity contribution in [2.75, 3.05) is 6.54 Å². The molecule has 17 heavy (non-hydrogen) atoms. The summed E-state index contributed by atoms with van der Waals surface area (Å²) in [6, 6.07) is 0. The van der Waals surface area contributed by atoms with Crippen LogP contribution in [0.25, 0.3) is 0 Å². The summed E-state index contributed by atoms with van der Waals surface area (Å²) in [7, 11) is -6.34. The van der Waals surface area contributed by atoms with Gasteiger partial charge in [-0.05, 0) is 0 Å². The minimum atomic E-state index is -6.74. The van der Waals surface area contributed by atoms with E-state index in [0.29, 0.717) is 4.72 Å². The number of nitrogens with one attached hydrogen (secondary N) is 1. The van der Waals surface area contributed by atoms with Crippen LogP contribution in [-0.2, 0) is 10.0 Å². The Hall–Kier alpha value is -0.650. The molecule has 1 saturated heterocycles. The van der Waals surface area contributed by atoms with Crippen molar-refractivity contribution in [1.29, 1.82) is 0 Å². The molecule has 1 aliphatic heterocycles. The number of hydrogen-bond donors (Lipinski definition) is 1. The zero-order valence-electron chi connectivity index (χ0n) is 7.46. The summed E-state index contributed by atoms with van der Waals surface area (Å²) >= 11 is 0. The van der Waals surface area contributed by atoms with Gasteiger partial charge in [-0.15, -0.1) is 0 Å². The smallest absolute Gasteiger partial charge is 0.206 e. The number of alkyl halides is 8. The molecule has 0 aromatic heterocycles. The van der Waals surface area contributed by atoms with E-state index in [1.165, 1.54) is 0 Å². The van der Waals surface area contributed by atoms with Crippen LogP contribution in [-0.4, -0.2) is 38.0 Å². The zero-order chi connectivity index (χ0) is 13.9. The summed E-state index contributed by atoms with van der Waals surface area (Å²) in [6.45, 7) is -2.55. The van der Waals surface area contributed by atoms with Crippen molar-refractivity contribution in [2.24, 2.45) is 0 Å². The molecule has 1 fully saturated rings. The van der Waals surface area contributed by atoms with Gasteiger partial charge in [0, 0.05) is 0 Å². The lowest BCUT2D eigenvalue weighted by atomic mass is 10.1.